The fraction of sp³-hybridized carbons (Fsp3) is 0.600. The average molecular weight is 361 g/mol. The summed E-state index contributed by atoms with van der Waals surface area (Å²) in [7, 11) is 1.61. The van der Waals surface area contributed by atoms with Gasteiger partial charge in [-0.05, 0) is 49.8 Å². The topological polar surface area (TPSA) is 61.4 Å². The van der Waals surface area contributed by atoms with E-state index in [1.807, 2.05) is 4.90 Å². The number of carbonyl (C=O) groups excluding carboxylic acids is 2. The van der Waals surface area contributed by atoms with Crippen LogP contribution < -0.4 is 10.6 Å². The third-order valence-corrected chi connectivity index (χ3v) is 5.78. The van der Waals surface area contributed by atoms with Crippen molar-refractivity contribution in [2.75, 3.05) is 25.5 Å². The minimum absolute atomic E-state index is 0.121. The van der Waals surface area contributed by atoms with Crippen LogP contribution >= 0.6 is 0 Å². The number of hydrogen-bond acceptors (Lipinski definition) is 3. The van der Waals surface area contributed by atoms with Gasteiger partial charge in [0.15, 0.2) is 0 Å². The number of rotatable bonds is 5. The van der Waals surface area contributed by atoms with Crippen LogP contribution in [0.15, 0.2) is 24.3 Å². The second-order valence-electron chi connectivity index (χ2n) is 7.53. The molecule has 0 radical (unpaired) electrons. The third kappa shape index (κ3) is 4.17. The Kier molecular flexibility index (Phi) is 5.79. The first-order valence-electron chi connectivity index (χ1n) is 9.56. The first-order chi connectivity index (χ1) is 12.5. The SMILES string of the molecule is CNC(=O)C1(Nc2cccc(F)c2)CCN(C(=O)CC2CCCC2)CC1. The lowest BCUT2D eigenvalue weighted by Crippen LogP contribution is -2.58. The van der Waals surface area contributed by atoms with Gasteiger partial charge in [-0.1, -0.05) is 18.9 Å². The molecule has 0 atom stereocenters. The number of nitrogens with zero attached hydrogens (tertiary/aromatic N) is 1. The second kappa shape index (κ2) is 8.06. The lowest BCUT2D eigenvalue weighted by Gasteiger charge is -2.41. The Morgan fingerprint density at radius 3 is 2.54 bits per heavy atom. The molecular formula is C20H28FN3O2. The second-order valence-corrected chi connectivity index (χ2v) is 7.53. The summed E-state index contributed by atoms with van der Waals surface area (Å²) >= 11 is 0. The summed E-state index contributed by atoms with van der Waals surface area (Å²) in [4.78, 5) is 27.0. The van der Waals surface area contributed by atoms with Crippen molar-refractivity contribution in [3.63, 3.8) is 0 Å². The Hall–Kier alpha value is -2.11. The number of likely N-dealkylation sites (tertiary alicyclic amines) is 1. The number of likely N-dealkylation sites (N-methyl/N-ethyl adjacent to an activating group) is 1. The molecule has 0 bridgehead atoms. The zero-order chi connectivity index (χ0) is 18.6. The maximum atomic E-state index is 13.5. The molecule has 1 aromatic rings. The monoisotopic (exact) mass is 361 g/mol. The number of nitrogens with one attached hydrogen (secondary N) is 2. The minimum Gasteiger partial charge on any atom is -0.371 e. The molecule has 0 unspecified atom stereocenters. The molecule has 0 aromatic heterocycles. The molecule has 2 fully saturated rings. The number of anilines is 1. The lowest BCUT2D eigenvalue weighted by molar-refractivity contribution is -0.136. The fourth-order valence-electron chi connectivity index (χ4n) is 4.22. The van der Waals surface area contributed by atoms with Gasteiger partial charge in [0.05, 0.1) is 0 Å². The van der Waals surface area contributed by atoms with Gasteiger partial charge < -0.3 is 15.5 Å². The first kappa shape index (κ1) is 18.7. The highest BCUT2D eigenvalue weighted by atomic mass is 19.1. The molecule has 2 N–H and O–H groups in total. The molecule has 2 amide bonds. The van der Waals surface area contributed by atoms with Crippen LogP contribution in [0.2, 0.25) is 0 Å². The normalized spacial score (nSPS) is 20.0. The molecule has 2 aliphatic rings. The Labute approximate surface area is 154 Å². The first-order valence-corrected chi connectivity index (χ1v) is 9.56. The maximum Gasteiger partial charge on any atom is 0.245 e. The Morgan fingerprint density at radius 2 is 1.92 bits per heavy atom. The van der Waals surface area contributed by atoms with E-state index in [0.717, 1.165) is 12.8 Å². The van der Waals surface area contributed by atoms with Gasteiger partial charge in [0.25, 0.3) is 0 Å². The van der Waals surface area contributed by atoms with Gasteiger partial charge in [-0.25, -0.2) is 4.39 Å². The summed E-state index contributed by atoms with van der Waals surface area (Å²) in [6.45, 7) is 1.09. The van der Waals surface area contributed by atoms with Crippen molar-refractivity contribution in [3.8, 4) is 0 Å². The van der Waals surface area contributed by atoms with E-state index in [9.17, 15) is 14.0 Å². The van der Waals surface area contributed by atoms with Crippen LogP contribution in [0, 0.1) is 11.7 Å². The van der Waals surface area contributed by atoms with E-state index in [1.54, 1.807) is 19.2 Å². The summed E-state index contributed by atoms with van der Waals surface area (Å²) in [5.41, 5.74) is -0.230. The Balaban J connectivity index is 1.65. The van der Waals surface area contributed by atoms with Gasteiger partial charge in [-0.15, -0.1) is 0 Å². The standard InChI is InChI=1S/C20H28FN3O2/c1-22-19(26)20(23-17-8-4-7-16(21)14-17)9-11-24(12-10-20)18(25)13-15-5-2-3-6-15/h4,7-8,14-15,23H,2-3,5-6,9-13H2,1H3,(H,22,26). The number of halogens is 1. The van der Waals surface area contributed by atoms with Crippen LogP contribution in [-0.2, 0) is 9.59 Å². The molecule has 1 aromatic carbocycles. The number of carbonyl (C=O) groups is 2. The molecule has 1 saturated heterocycles. The molecule has 1 heterocycles. The third-order valence-electron chi connectivity index (χ3n) is 5.78. The van der Waals surface area contributed by atoms with Gasteiger partial charge in [0.1, 0.15) is 11.4 Å². The van der Waals surface area contributed by atoms with Crippen molar-refractivity contribution in [3.05, 3.63) is 30.1 Å². The van der Waals surface area contributed by atoms with E-state index in [1.165, 1.54) is 25.0 Å². The molecule has 6 heteroatoms. The van der Waals surface area contributed by atoms with Gasteiger partial charge in [-0.3, -0.25) is 9.59 Å². The molecule has 26 heavy (non-hydrogen) atoms. The number of amides is 2. The van der Waals surface area contributed by atoms with Crippen LogP contribution in [-0.4, -0.2) is 42.4 Å². The van der Waals surface area contributed by atoms with Crippen LogP contribution in [0.3, 0.4) is 0 Å². The van der Waals surface area contributed by atoms with Gasteiger partial charge in [-0.2, -0.15) is 0 Å². The van der Waals surface area contributed by atoms with E-state index in [-0.39, 0.29) is 17.6 Å². The van der Waals surface area contributed by atoms with Gasteiger partial charge in [0.2, 0.25) is 11.8 Å². The molecule has 1 saturated carbocycles. The highest BCUT2D eigenvalue weighted by Crippen LogP contribution is 2.31. The van der Waals surface area contributed by atoms with Gasteiger partial charge in [0, 0.05) is 32.2 Å². The highest BCUT2D eigenvalue weighted by molar-refractivity contribution is 5.90. The van der Waals surface area contributed by atoms with Crippen molar-refractivity contribution in [2.24, 2.45) is 5.92 Å². The lowest BCUT2D eigenvalue weighted by atomic mass is 9.85. The Morgan fingerprint density at radius 1 is 1.23 bits per heavy atom. The van der Waals surface area contributed by atoms with Gasteiger partial charge >= 0.3 is 0 Å². The van der Waals surface area contributed by atoms with Crippen molar-refractivity contribution in [1.82, 2.24) is 10.2 Å². The summed E-state index contributed by atoms with van der Waals surface area (Å²) in [5, 5.41) is 5.94. The van der Waals surface area contributed by atoms with E-state index < -0.39 is 5.54 Å². The van der Waals surface area contributed by atoms with E-state index in [0.29, 0.717) is 44.0 Å². The molecule has 142 valence electrons. The molecule has 3 rings (SSSR count). The molecule has 1 aliphatic heterocycles. The molecular weight excluding hydrogens is 333 g/mol. The van der Waals surface area contributed by atoms with E-state index in [2.05, 4.69) is 10.6 Å². The smallest absolute Gasteiger partial charge is 0.245 e. The summed E-state index contributed by atoms with van der Waals surface area (Å²) < 4.78 is 13.5. The summed E-state index contributed by atoms with van der Waals surface area (Å²) in [6.07, 6.45) is 6.43. The largest absolute Gasteiger partial charge is 0.371 e. The van der Waals surface area contributed by atoms with Crippen molar-refractivity contribution < 1.29 is 14.0 Å². The highest BCUT2D eigenvalue weighted by Gasteiger charge is 2.42. The zero-order valence-corrected chi connectivity index (χ0v) is 15.4. The van der Waals surface area contributed by atoms with Crippen molar-refractivity contribution >= 4 is 17.5 Å². The molecule has 0 spiro atoms. The zero-order valence-electron chi connectivity index (χ0n) is 15.4. The van der Waals surface area contributed by atoms with Crippen LogP contribution in [0.25, 0.3) is 0 Å². The quantitative estimate of drug-likeness (QED) is 0.848. The van der Waals surface area contributed by atoms with Crippen LogP contribution in [0.4, 0.5) is 10.1 Å². The van der Waals surface area contributed by atoms with Crippen molar-refractivity contribution in [1.29, 1.82) is 0 Å². The predicted molar refractivity (Wildman–Crippen MR) is 99.2 cm³/mol. The van der Waals surface area contributed by atoms with Crippen LogP contribution in [0.5, 0.6) is 0 Å². The van der Waals surface area contributed by atoms with Crippen molar-refractivity contribution in [2.45, 2.75) is 50.5 Å². The number of benzene rings is 1. The summed E-state index contributed by atoms with van der Waals surface area (Å²) in [5.74, 6) is 0.266. The predicted octanol–water partition coefficient (Wildman–Crippen LogP) is 2.93. The average Bonchev–Trinajstić information content (AvgIpc) is 3.14. The number of piperidine rings is 1. The maximum absolute atomic E-state index is 13.5. The molecule has 5 nitrogen and oxygen atoms in total. The number of hydrogen-bond donors (Lipinski definition) is 2. The Bertz CT molecular complexity index is 650. The van der Waals surface area contributed by atoms with E-state index in [4.69, 9.17) is 0 Å². The molecule has 1 aliphatic carbocycles. The summed E-state index contributed by atoms with van der Waals surface area (Å²) in [6, 6.07) is 6.14. The minimum atomic E-state index is -0.813. The van der Waals surface area contributed by atoms with Crippen LogP contribution in [0.1, 0.15) is 44.9 Å². The fourth-order valence-corrected chi connectivity index (χ4v) is 4.22. The van der Waals surface area contributed by atoms with E-state index >= 15 is 0 Å².